The molecule has 134 valence electrons. The minimum Gasteiger partial charge on any atom is -0.483 e. The van der Waals surface area contributed by atoms with Crippen LogP contribution in [-0.2, 0) is 12.8 Å². The number of rotatable bonds is 5. The van der Waals surface area contributed by atoms with Gasteiger partial charge in [0.1, 0.15) is 5.75 Å². The molecular weight excluding hydrogens is 351 g/mol. The molecule has 0 aliphatic rings. The maximum atomic E-state index is 12.6. The van der Waals surface area contributed by atoms with E-state index in [0.717, 1.165) is 12.1 Å². The largest absolute Gasteiger partial charge is 0.483 e. The number of halogens is 3. The second kappa shape index (κ2) is 6.87. The predicted molar refractivity (Wildman–Crippen MR) is 84.0 cm³/mol. The minimum atomic E-state index is -4.41. The number of alkyl halides is 3. The SMILES string of the molecule is NC(=O)c1ccccc1OCc1nc(-c2ccc(C(F)(F)F)cc2)no1. The highest BCUT2D eigenvalue weighted by molar-refractivity contribution is 5.95. The number of carbonyl (C=O) groups is 1. The molecule has 3 aromatic rings. The molecule has 0 unspecified atom stereocenters. The number of para-hydroxylation sites is 1. The molecule has 0 atom stereocenters. The molecule has 0 spiro atoms. The van der Waals surface area contributed by atoms with E-state index in [4.69, 9.17) is 15.0 Å². The van der Waals surface area contributed by atoms with Gasteiger partial charge in [0.05, 0.1) is 11.1 Å². The molecule has 0 radical (unpaired) electrons. The van der Waals surface area contributed by atoms with E-state index in [9.17, 15) is 18.0 Å². The van der Waals surface area contributed by atoms with Crippen molar-refractivity contribution in [2.45, 2.75) is 12.8 Å². The summed E-state index contributed by atoms with van der Waals surface area (Å²) in [5, 5.41) is 3.71. The summed E-state index contributed by atoms with van der Waals surface area (Å²) in [6.07, 6.45) is -4.41. The number of benzene rings is 2. The molecule has 9 heteroatoms. The molecule has 0 aliphatic carbocycles. The average Bonchev–Trinajstić information content (AvgIpc) is 3.08. The molecule has 3 rings (SSSR count). The molecule has 1 aromatic heterocycles. The first-order valence-corrected chi connectivity index (χ1v) is 7.36. The lowest BCUT2D eigenvalue weighted by molar-refractivity contribution is -0.137. The molecule has 0 saturated carbocycles. The second-order valence-corrected chi connectivity index (χ2v) is 5.24. The molecule has 2 N–H and O–H groups in total. The van der Waals surface area contributed by atoms with E-state index in [0.29, 0.717) is 5.56 Å². The Hall–Kier alpha value is -3.36. The summed E-state index contributed by atoms with van der Waals surface area (Å²) >= 11 is 0. The molecule has 1 heterocycles. The summed E-state index contributed by atoms with van der Waals surface area (Å²) < 4.78 is 48.2. The number of carbonyl (C=O) groups excluding carboxylic acids is 1. The molecule has 26 heavy (non-hydrogen) atoms. The Morgan fingerprint density at radius 3 is 2.46 bits per heavy atom. The molecule has 0 fully saturated rings. The van der Waals surface area contributed by atoms with Gasteiger partial charge in [0.15, 0.2) is 6.61 Å². The van der Waals surface area contributed by atoms with Gasteiger partial charge in [0.25, 0.3) is 11.8 Å². The van der Waals surface area contributed by atoms with Gasteiger partial charge in [0, 0.05) is 5.56 Å². The Balaban J connectivity index is 1.72. The highest BCUT2D eigenvalue weighted by Gasteiger charge is 2.30. The number of nitrogens with two attached hydrogens (primary N) is 1. The number of amides is 1. The Kier molecular flexibility index (Phi) is 4.61. The Bertz CT molecular complexity index is 921. The van der Waals surface area contributed by atoms with E-state index in [2.05, 4.69) is 10.1 Å². The van der Waals surface area contributed by atoms with Gasteiger partial charge in [-0.2, -0.15) is 18.2 Å². The first-order valence-electron chi connectivity index (χ1n) is 7.36. The highest BCUT2D eigenvalue weighted by Crippen LogP contribution is 2.30. The van der Waals surface area contributed by atoms with Crippen molar-refractivity contribution in [2.24, 2.45) is 5.73 Å². The summed E-state index contributed by atoms with van der Waals surface area (Å²) in [6.45, 7) is -0.127. The van der Waals surface area contributed by atoms with E-state index in [-0.39, 0.29) is 29.6 Å². The van der Waals surface area contributed by atoms with Gasteiger partial charge < -0.3 is 15.0 Å². The van der Waals surface area contributed by atoms with Crippen molar-refractivity contribution >= 4 is 5.91 Å². The molecule has 0 aliphatic heterocycles. The van der Waals surface area contributed by atoms with Crippen molar-refractivity contribution in [1.29, 1.82) is 0 Å². The van der Waals surface area contributed by atoms with Crippen molar-refractivity contribution in [1.82, 2.24) is 10.1 Å². The fourth-order valence-electron chi connectivity index (χ4n) is 2.17. The summed E-state index contributed by atoms with van der Waals surface area (Å²) in [5.74, 6) is -0.162. The summed E-state index contributed by atoms with van der Waals surface area (Å²) in [5.41, 5.74) is 5.06. The van der Waals surface area contributed by atoms with Crippen LogP contribution in [-0.4, -0.2) is 16.0 Å². The topological polar surface area (TPSA) is 91.2 Å². The zero-order valence-electron chi connectivity index (χ0n) is 13.2. The van der Waals surface area contributed by atoms with Crippen LogP contribution in [0.4, 0.5) is 13.2 Å². The number of primary amides is 1. The second-order valence-electron chi connectivity index (χ2n) is 5.24. The van der Waals surface area contributed by atoms with Crippen molar-refractivity contribution in [3.05, 3.63) is 65.5 Å². The molecule has 6 nitrogen and oxygen atoms in total. The van der Waals surface area contributed by atoms with Crippen LogP contribution in [0.1, 0.15) is 21.8 Å². The molecule has 0 bridgehead atoms. The fraction of sp³-hybridized carbons (Fsp3) is 0.118. The minimum absolute atomic E-state index is 0.0965. The summed E-state index contributed by atoms with van der Waals surface area (Å²) in [7, 11) is 0. The summed E-state index contributed by atoms with van der Waals surface area (Å²) in [6, 6.07) is 10.8. The number of ether oxygens (including phenoxy) is 1. The van der Waals surface area contributed by atoms with Gasteiger partial charge in [-0.1, -0.05) is 29.4 Å². The van der Waals surface area contributed by atoms with Crippen molar-refractivity contribution in [3.8, 4) is 17.1 Å². The van der Waals surface area contributed by atoms with Crippen LogP contribution >= 0.6 is 0 Å². The molecule has 2 aromatic carbocycles. The van der Waals surface area contributed by atoms with E-state index in [1.807, 2.05) is 0 Å². The number of hydrogen-bond donors (Lipinski definition) is 1. The lowest BCUT2D eigenvalue weighted by Crippen LogP contribution is -2.12. The number of aromatic nitrogens is 2. The predicted octanol–water partition coefficient (Wildman–Crippen LogP) is 3.43. The number of hydrogen-bond acceptors (Lipinski definition) is 5. The van der Waals surface area contributed by atoms with Gasteiger partial charge in [-0.3, -0.25) is 4.79 Å². The fourth-order valence-corrected chi connectivity index (χ4v) is 2.17. The zero-order valence-corrected chi connectivity index (χ0v) is 13.2. The molecule has 0 saturated heterocycles. The lowest BCUT2D eigenvalue weighted by atomic mass is 10.1. The van der Waals surface area contributed by atoms with Gasteiger partial charge >= 0.3 is 6.18 Å². The smallest absolute Gasteiger partial charge is 0.416 e. The van der Waals surface area contributed by atoms with E-state index in [1.165, 1.54) is 18.2 Å². The maximum Gasteiger partial charge on any atom is 0.416 e. The molecular formula is C17H12F3N3O3. The highest BCUT2D eigenvalue weighted by atomic mass is 19.4. The average molecular weight is 363 g/mol. The zero-order chi connectivity index (χ0) is 18.7. The number of nitrogens with zero attached hydrogens (tertiary/aromatic N) is 2. The normalized spacial score (nSPS) is 11.3. The van der Waals surface area contributed by atoms with Crippen molar-refractivity contribution < 1.29 is 27.2 Å². The van der Waals surface area contributed by atoms with Gasteiger partial charge in [-0.25, -0.2) is 0 Å². The van der Waals surface area contributed by atoms with Gasteiger partial charge in [0.2, 0.25) is 5.82 Å². The van der Waals surface area contributed by atoms with E-state index >= 15 is 0 Å². The van der Waals surface area contributed by atoms with Crippen molar-refractivity contribution in [2.75, 3.05) is 0 Å². The Morgan fingerprint density at radius 2 is 1.81 bits per heavy atom. The van der Waals surface area contributed by atoms with Crippen LogP contribution in [0.25, 0.3) is 11.4 Å². The third kappa shape index (κ3) is 3.82. The Labute approximate surface area is 145 Å². The third-order valence-electron chi connectivity index (χ3n) is 3.44. The monoisotopic (exact) mass is 363 g/mol. The van der Waals surface area contributed by atoms with Crippen LogP contribution in [0.5, 0.6) is 5.75 Å². The van der Waals surface area contributed by atoms with Gasteiger partial charge in [-0.15, -0.1) is 0 Å². The van der Waals surface area contributed by atoms with Crippen LogP contribution in [0.2, 0.25) is 0 Å². The quantitative estimate of drug-likeness (QED) is 0.750. The van der Waals surface area contributed by atoms with Crippen LogP contribution in [0.15, 0.2) is 53.1 Å². The Morgan fingerprint density at radius 1 is 1.12 bits per heavy atom. The first-order chi connectivity index (χ1) is 12.3. The summed E-state index contributed by atoms with van der Waals surface area (Å²) in [4.78, 5) is 15.4. The molecule has 1 amide bonds. The van der Waals surface area contributed by atoms with Crippen LogP contribution in [0.3, 0.4) is 0 Å². The van der Waals surface area contributed by atoms with E-state index in [1.54, 1.807) is 18.2 Å². The first kappa shape index (κ1) is 17.5. The van der Waals surface area contributed by atoms with Crippen LogP contribution < -0.4 is 10.5 Å². The van der Waals surface area contributed by atoms with E-state index < -0.39 is 17.6 Å². The maximum absolute atomic E-state index is 12.6. The standard InChI is InChI=1S/C17H12F3N3O3/c18-17(19,20)11-7-5-10(6-8-11)16-22-14(26-23-16)9-25-13-4-2-1-3-12(13)15(21)24/h1-8H,9H2,(H2,21,24). The van der Waals surface area contributed by atoms with Crippen LogP contribution in [0, 0.1) is 0 Å². The third-order valence-corrected chi connectivity index (χ3v) is 3.44. The lowest BCUT2D eigenvalue weighted by Gasteiger charge is -2.06. The van der Waals surface area contributed by atoms with Gasteiger partial charge in [-0.05, 0) is 24.3 Å². The van der Waals surface area contributed by atoms with Crippen molar-refractivity contribution in [3.63, 3.8) is 0 Å².